The summed E-state index contributed by atoms with van der Waals surface area (Å²) in [5, 5.41) is 4.57. The number of halogens is 3. The molecule has 0 bridgehead atoms. The van der Waals surface area contributed by atoms with Gasteiger partial charge in [-0.05, 0) is 74.6 Å². The fourth-order valence-electron chi connectivity index (χ4n) is 6.21. The average Bonchev–Trinajstić information content (AvgIpc) is 2.85. The molecule has 0 spiro atoms. The molecule has 0 aromatic heterocycles. The van der Waals surface area contributed by atoms with Crippen molar-refractivity contribution in [2.24, 2.45) is 0 Å². The van der Waals surface area contributed by atoms with Crippen LogP contribution < -0.4 is 34.0 Å². The zero-order chi connectivity index (χ0) is 25.1. The van der Waals surface area contributed by atoms with Gasteiger partial charge >= 0.3 is 0 Å². The van der Waals surface area contributed by atoms with E-state index < -0.39 is 5.92 Å². The molecule has 0 atom stereocenters. The number of benzene rings is 2. The van der Waals surface area contributed by atoms with E-state index in [-0.39, 0.29) is 35.9 Å². The maximum Gasteiger partial charge on any atom is 0.232 e. The summed E-state index contributed by atoms with van der Waals surface area (Å²) in [5.74, 6) is 0.849. The zero-order valence-corrected chi connectivity index (χ0v) is 25.2. The molecule has 0 unspecified atom stereocenters. The number of carbonyl (C=O) groups is 1. The number of hydrogen-bond acceptors (Lipinski definition) is 2. The fraction of sp³-hybridized carbons (Fsp3) is 0.500. The molecule has 2 aliphatic heterocycles. The summed E-state index contributed by atoms with van der Waals surface area (Å²) >= 11 is 12.6. The first-order valence-corrected chi connectivity index (χ1v) is 14.3. The Morgan fingerprint density at radius 2 is 1.59 bits per heavy atom. The molecule has 200 valence electrons. The van der Waals surface area contributed by atoms with Crippen molar-refractivity contribution in [1.29, 1.82) is 0 Å². The number of likely N-dealkylation sites (N-methyl/N-ethyl adjacent to an activating group) is 1. The van der Waals surface area contributed by atoms with E-state index >= 15 is 0 Å². The van der Waals surface area contributed by atoms with Crippen molar-refractivity contribution >= 4 is 29.1 Å². The molecule has 2 heterocycles. The van der Waals surface area contributed by atoms with Crippen LogP contribution in [0.5, 0.6) is 11.5 Å². The average molecular weight is 655 g/mol. The van der Waals surface area contributed by atoms with Gasteiger partial charge in [-0.3, -0.25) is 4.79 Å². The largest absolute Gasteiger partial charge is 1.00 e. The first-order valence-electron chi connectivity index (χ1n) is 13.6. The molecule has 2 aromatic carbocycles. The van der Waals surface area contributed by atoms with E-state index in [2.05, 4.69) is 18.3 Å². The normalized spacial score (nSPS) is 25.2. The standard InChI is InChI=1S/C30H36Cl2N2O2.HI/c1-2-34(20-21-8-6-4-3-5-7-9-21)16-14-24(15-17-34)33-30(35)29-25-18-22(31)10-12-27(25)36-28-13-11-23(32)19-26(28)29;/h8,10-13,18-19,24,29H,2-7,9,14-17,20H2,1H3;1H/b21-8+;/t24-,34-;. The quantitative estimate of drug-likeness (QED) is 0.290. The number of piperidine rings is 1. The van der Waals surface area contributed by atoms with E-state index in [1.807, 2.05) is 24.3 Å². The predicted octanol–water partition coefficient (Wildman–Crippen LogP) is 4.63. The third-order valence-electron chi connectivity index (χ3n) is 8.39. The van der Waals surface area contributed by atoms with Crippen LogP contribution in [0.2, 0.25) is 10.0 Å². The van der Waals surface area contributed by atoms with Crippen LogP contribution in [-0.2, 0) is 4.79 Å². The minimum atomic E-state index is -0.492. The van der Waals surface area contributed by atoms with Gasteiger partial charge in [-0.15, -0.1) is 0 Å². The lowest BCUT2D eigenvalue weighted by atomic mass is 9.86. The number of nitrogens with one attached hydrogen (secondary N) is 1. The lowest BCUT2D eigenvalue weighted by Gasteiger charge is -2.44. The maximum absolute atomic E-state index is 13.8. The number of quaternary nitrogens is 1. The highest BCUT2D eigenvalue weighted by atomic mass is 127. The lowest BCUT2D eigenvalue weighted by Crippen LogP contribution is -3.00. The van der Waals surface area contributed by atoms with Crippen LogP contribution in [0.3, 0.4) is 0 Å². The fourth-order valence-corrected chi connectivity index (χ4v) is 6.57. The van der Waals surface area contributed by atoms with Gasteiger partial charge in [0.25, 0.3) is 0 Å². The number of nitrogens with zero attached hydrogens (tertiary/aromatic N) is 1. The number of likely N-dealkylation sites (tertiary alicyclic amines) is 1. The third kappa shape index (κ3) is 6.66. The van der Waals surface area contributed by atoms with Crippen molar-refractivity contribution < 1.29 is 38.0 Å². The topological polar surface area (TPSA) is 38.3 Å². The first kappa shape index (κ1) is 28.7. The second-order valence-corrected chi connectivity index (χ2v) is 11.6. The molecule has 1 amide bonds. The summed E-state index contributed by atoms with van der Waals surface area (Å²) in [7, 11) is 0. The summed E-state index contributed by atoms with van der Waals surface area (Å²) in [6.07, 6.45) is 12.4. The molecule has 1 aliphatic carbocycles. The smallest absolute Gasteiger partial charge is 0.232 e. The Morgan fingerprint density at radius 3 is 2.22 bits per heavy atom. The molecule has 2 aromatic rings. The molecular weight excluding hydrogens is 618 g/mol. The molecule has 5 rings (SSSR count). The van der Waals surface area contributed by atoms with Crippen LogP contribution in [0.1, 0.15) is 75.3 Å². The molecule has 37 heavy (non-hydrogen) atoms. The number of amides is 1. The van der Waals surface area contributed by atoms with Gasteiger partial charge < -0.3 is 38.5 Å². The molecular formula is C30H37Cl2IN2O2. The number of fused-ring (bicyclic) bond motifs is 2. The van der Waals surface area contributed by atoms with Gasteiger partial charge in [0.05, 0.1) is 25.6 Å². The third-order valence-corrected chi connectivity index (χ3v) is 8.86. The van der Waals surface area contributed by atoms with Gasteiger partial charge in [0.1, 0.15) is 18.0 Å². The van der Waals surface area contributed by atoms with E-state index in [4.69, 9.17) is 27.9 Å². The highest BCUT2D eigenvalue weighted by molar-refractivity contribution is 6.31. The first-order chi connectivity index (χ1) is 17.5. The van der Waals surface area contributed by atoms with Crippen molar-refractivity contribution in [3.05, 3.63) is 69.2 Å². The van der Waals surface area contributed by atoms with E-state index in [1.54, 1.807) is 17.7 Å². The SMILES string of the molecule is CC[N@+]1(C/C2=C/CCCCCC2)CC[C@H](NC(=O)C2c3cc(Cl)ccc3Oc3ccc(Cl)cc32)CC1.[I-]. The molecule has 0 saturated carbocycles. The molecule has 4 nitrogen and oxygen atoms in total. The summed E-state index contributed by atoms with van der Waals surface area (Å²) in [6.45, 7) is 6.87. The van der Waals surface area contributed by atoms with Gasteiger partial charge in [0, 0.05) is 40.1 Å². The second kappa shape index (κ2) is 12.7. The summed E-state index contributed by atoms with van der Waals surface area (Å²) in [4.78, 5) is 13.8. The summed E-state index contributed by atoms with van der Waals surface area (Å²) in [5.41, 5.74) is 3.24. The van der Waals surface area contributed by atoms with Gasteiger partial charge in [-0.2, -0.15) is 0 Å². The Hall–Kier alpha value is -1.28. The molecule has 1 N–H and O–H groups in total. The Morgan fingerprint density at radius 1 is 0.973 bits per heavy atom. The number of hydrogen-bond donors (Lipinski definition) is 1. The van der Waals surface area contributed by atoms with Gasteiger partial charge in [0.15, 0.2) is 0 Å². The lowest BCUT2D eigenvalue weighted by molar-refractivity contribution is -0.927. The Kier molecular flexibility index (Phi) is 9.87. The van der Waals surface area contributed by atoms with E-state index in [0.717, 1.165) is 48.1 Å². The van der Waals surface area contributed by atoms with E-state index in [1.165, 1.54) is 45.1 Å². The molecule has 1 fully saturated rings. The monoisotopic (exact) mass is 654 g/mol. The van der Waals surface area contributed by atoms with Crippen molar-refractivity contribution in [2.45, 2.75) is 70.3 Å². The van der Waals surface area contributed by atoms with Crippen molar-refractivity contribution in [1.82, 2.24) is 5.32 Å². The summed E-state index contributed by atoms with van der Waals surface area (Å²) < 4.78 is 7.23. The van der Waals surface area contributed by atoms with E-state index in [0.29, 0.717) is 21.5 Å². The van der Waals surface area contributed by atoms with Crippen LogP contribution in [0.4, 0.5) is 0 Å². The number of allylic oxidation sites excluding steroid dienone is 1. The van der Waals surface area contributed by atoms with Crippen molar-refractivity contribution in [2.75, 3.05) is 26.2 Å². The van der Waals surface area contributed by atoms with Crippen LogP contribution in [0.15, 0.2) is 48.0 Å². The summed E-state index contributed by atoms with van der Waals surface area (Å²) in [6, 6.07) is 11.1. The highest BCUT2D eigenvalue weighted by Gasteiger charge is 2.37. The zero-order valence-electron chi connectivity index (χ0n) is 21.6. The molecule has 0 radical (unpaired) electrons. The van der Waals surface area contributed by atoms with Gasteiger partial charge in [-0.1, -0.05) is 42.1 Å². The molecule has 7 heteroatoms. The van der Waals surface area contributed by atoms with Crippen LogP contribution >= 0.6 is 23.2 Å². The van der Waals surface area contributed by atoms with Crippen LogP contribution in [0.25, 0.3) is 0 Å². The Balaban J connectivity index is 0.00000320. The number of carbonyl (C=O) groups excluding carboxylic acids is 1. The Bertz CT molecular complexity index is 1090. The van der Waals surface area contributed by atoms with Gasteiger partial charge in [-0.25, -0.2) is 0 Å². The van der Waals surface area contributed by atoms with Crippen molar-refractivity contribution in [3.63, 3.8) is 0 Å². The highest BCUT2D eigenvalue weighted by Crippen LogP contribution is 2.46. The molecule has 3 aliphatic rings. The van der Waals surface area contributed by atoms with Crippen molar-refractivity contribution in [3.8, 4) is 11.5 Å². The van der Waals surface area contributed by atoms with Gasteiger partial charge in [0.2, 0.25) is 5.91 Å². The minimum Gasteiger partial charge on any atom is -1.00 e. The second-order valence-electron chi connectivity index (χ2n) is 10.8. The molecule has 1 saturated heterocycles. The van der Waals surface area contributed by atoms with Crippen LogP contribution in [-0.4, -0.2) is 42.6 Å². The van der Waals surface area contributed by atoms with E-state index in [9.17, 15) is 4.79 Å². The maximum atomic E-state index is 13.8. The predicted molar refractivity (Wildman–Crippen MR) is 147 cm³/mol. The minimum absolute atomic E-state index is 0. The number of rotatable bonds is 5. The van der Waals surface area contributed by atoms with Crippen LogP contribution in [0, 0.1) is 0 Å². The number of ether oxygens (including phenoxy) is 1. The Labute approximate surface area is 248 Å².